The lowest BCUT2D eigenvalue weighted by Gasteiger charge is -2.23. The van der Waals surface area contributed by atoms with Crippen molar-refractivity contribution in [2.24, 2.45) is 0 Å². The van der Waals surface area contributed by atoms with Crippen LogP contribution >= 0.6 is 11.6 Å². The summed E-state index contributed by atoms with van der Waals surface area (Å²) in [5.74, 6) is 0.225. The summed E-state index contributed by atoms with van der Waals surface area (Å²) in [7, 11) is 0. The smallest absolute Gasteiger partial charge is 0.224 e. The minimum Gasteiger partial charge on any atom is -0.341 e. The Morgan fingerprint density at radius 2 is 2.06 bits per heavy atom. The van der Waals surface area contributed by atoms with Gasteiger partial charge < -0.3 is 10.2 Å². The van der Waals surface area contributed by atoms with Crippen LogP contribution in [0.25, 0.3) is 0 Å². The molecule has 3 nitrogen and oxygen atoms in total. The van der Waals surface area contributed by atoms with E-state index in [0.717, 1.165) is 32.1 Å². The van der Waals surface area contributed by atoms with Crippen LogP contribution in [0.3, 0.4) is 0 Å². The van der Waals surface area contributed by atoms with Gasteiger partial charge in [0.2, 0.25) is 5.91 Å². The van der Waals surface area contributed by atoms with Crippen LogP contribution in [0.15, 0.2) is 0 Å². The van der Waals surface area contributed by atoms with E-state index in [0.29, 0.717) is 6.42 Å². The summed E-state index contributed by atoms with van der Waals surface area (Å²) in [6, 6.07) is 0.721. The molecule has 98 valence electrons. The molecule has 0 aromatic carbocycles. The zero-order chi connectivity index (χ0) is 12.1. The molecule has 2 aliphatic rings. The van der Waals surface area contributed by atoms with Crippen molar-refractivity contribution in [1.29, 1.82) is 0 Å². The normalized spacial score (nSPS) is 26.8. The molecule has 1 aliphatic carbocycles. The van der Waals surface area contributed by atoms with E-state index in [-0.39, 0.29) is 11.3 Å². The standard InChI is InChI=1S/C13H23ClN2O/c14-11-9-13(17)16(10-11)8-4-7-15-12-5-2-1-3-6-12/h11-12,15H,1-10H2. The van der Waals surface area contributed by atoms with E-state index in [1.165, 1.54) is 32.1 Å². The summed E-state index contributed by atoms with van der Waals surface area (Å²) >= 11 is 5.96. The molecular weight excluding hydrogens is 236 g/mol. The minimum atomic E-state index is 0.0359. The Morgan fingerprint density at radius 1 is 1.29 bits per heavy atom. The fourth-order valence-corrected chi connectivity index (χ4v) is 3.12. The number of halogens is 1. The number of alkyl halides is 1. The third kappa shape index (κ3) is 4.14. The summed E-state index contributed by atoms with van der Waals surface area (Å²) in [4.78, 5) is 13.4. The first-order valence-corrected chi connectivity index (χ1v) is 7.34. The molecular formula is C13H23ClN2O. The van der Waals surface area contributed by atoms with Crippen molar-refractivity contribution in [3.05, 3.63) is 0 Å². The van der Waals surface area contributed by atoms with Gasteiger partial charge in [0.15, 0.2) is 0 Å². The predicted octanol–water partition coefficient (Wildman–Crippen LogP) is 2.14. The average Bonchev–Trinajstić information content (AvgIpc) is 2.65. The van der Waals surface area contributed by atoms with E-state index in [1.54, 1.807) is 0 Å². The zero-order valence-corrected chi connectivity index (χ0v) is 11.2. The van der Waals surface area contributed by atoms with Gasteiger partial charge in [0, 0.05) is 25.6 Å². The van der Waals surface area contributed by atoms with Crippen molar-refractivity contribution in [3.63, 3.8) is 0 Å². The SMILES string of the molecule is O=C1CC(Cl)CN1CCCNC1CCCCC1. The van der Waals surface area contributed by atoms with Crippen LogP contribution in [0.1, 0.15) is 44.9 Å². The van der Waals surface area contributed by atoms with E-state index >= 15 is 0 Å². The van der Waals surface area contributed by atoms with Crippen molar-refractivity contribution in [3.8, 4) is 0 Å². The van der Waals surface area contributed by atoms with Crippen LogP contribution in [0.5, 0.6) is 0 Å². The van der Waals surface area contributed by atoms with E-state index in [4.69, 9.17) is 11.6 Å². The van der Waals surface area contributed by atoms with Gasteiger partial charge in [0.05, 0.1) is 5.38 Å². The fraction of sp³-hybridized carbons (Fsp3) is 0.923. The van der Waals surface area contributed by atoms with E-state index < -0.39 is 0 Å². The van der Waals surface area contributed by atoms with Gasteiger partial charge in [-0.1, -0.05) is 19.3 Å². The number of hydrogen-bond donors (Lipinski definition) is 1. The van der Waals surface area contributed by atoms with E-state index in [2.05, 4.69) is 5.32 Å². The molecule has 0 radical (unpaired) electrons. The number of nitrogens with zero attached hydrogens (tertiary/aromatic N) is 1. The molecule has 4 heteroatoms. The maximum atomic E-state index is 11.5. The highest BCUT2D eigenvalue weighted by Crippen LogP contribution is 2.18. The molecule has 0 bridgehead atoms. The molecule has 2 fully saturated rings. The van der Waals surface area contributed by atoms with E-state index in [9.17, 15) is 4.79 Å². The lowest BCUT2D eigenvalue weighted by Crippen LogP contribution is -2.34. The quantitative estimate of drug-likeness (QED) is 0.605. The van der Waals surface area contributed by atoms with Crippen LogP contribution in [0, 0.1) is 0 Å². The molecule has 2 rings (SSSR count). The maximum absolute atomic E-state index is 11.5. The van der Waals surface area contributed by atoms with Crippen LogP contribution in [-0.4, -0.2) is 41.9 Å². The molecule has 1 atom stereocenters. The molecule has 1 aliphatic heterocycles. The number of rotatable bonds is 5. The Morgan fingerprint density at radius 3 is 2.71 bits per heavy atom. The molecule has 1 amide bonds. The van der Waals surface area contributed by atoms with E-state index in [1.807, 2.05) is 4.90 Å². The lowest BCUT2D eigenvalue weighted by molar-refractivity contribution is -0.127. The summed E-state index contributed by atoms with van der Waals surface area (Å²) < 4.78 is 0. The number of carbonyl (C=O) groups excluding carboxylic acids is 1. The second-order valence-corrected chi connectivity index (χ2v) is 5.90. The highest BCUT2D eigenvalue weighted by atomic mass is 35.5. The molecule has 1 heterocycles. The average molecular weight is 259 g/mol. The van der Waals surface area contributed by atoms with Crippen molar-refractivity contribution in [1.82, 2.24) is 10.2 Å². The molecule has 1 unspecified atom stereocenters. The topological polar surface area (TPSA) is 32.3 Å². The Bertz CT molecular complexity index is 254. The molecule has 0 spiro atoms. The van der Waals surface area contributed by atoms with Crippen molar-refractivity contribution in [2.75, 3.05) is 19.6 Å². The van der Waals surface area contributed by atoms with Gasteiger partial charge in [-0.25, -0.2) is 0 Å². The van der Waals surface area contributed by atoms with Crippen molar-refractivity contribution in [2.45, 2.75) is 56.4 Å². The second kappa shape index (κ2) is 6.60. The third-order valence-corrected chi connectivity index (χ3v) is 4.10. The van der Waals surface area contributed by atoms with Gasteiger partial charge in [-0.15, -0.1) is 11.6 Å². The van der Waals surface area contributed by atoms with Crippen LogP contribution < -0.4 is 5.32 Å². The predicted molar refractivity (Wildman–Crippen MR) is 70.3 cm³/mol. The monoisotopic (exact) mass is 258 g/mol. The first-order valence-electron chi connectivity index (χ1n) is 6.91. The minimum absolute atomic E-state index is 0.0359. The van der Waals surface area contributed by atoms with Crippen molar-refractivity contribution < 1.29 is 4.79 Å². The second-order valence-electron chi connectivity index (χ2n) is 5.28. The zero-order valence-electron chi connectivity index (χ0n) is 10.5. The van der Waals surface area contributed by atoms with Crippen LogP contribution in [0.4, 0.5) is 0 Å². The summed E-state index contributed by atoms with van der Waals surface area (Å²) in [5.41, 5.74) is 0. The number of hydrogen-bond acceptors (Lipinski definition) is 2. The van der Waals surface area contributed by atoms with Gasteiger partial charge in [0.1, 0.15) is 0 Å². The molecule has 17 heavy (non-hydrogen) atoms. The number of likely N-dealkylation sites (tertiary alicyclic amines) is 1. The molecule has 1 saturated heterocycles. The van der Waals surface area contributed by atoms with Gasteiger partial charge in [-0.2, -0.15) is 0 Å². The lowest BCUT2D eigenvalue weighted by atomic mass is 9.95. The van der Waals surface area contributed by atoms with Crippen LogP contribution in [-0.2, 0) is 4.79 Å². The highest BCUT2D eigenvalue weighted by Gasteiger charge is 2.27. The van der Waals surface area contributed by atoms with Gasteiger partial charge in [-0.3, -0.25) is 4.79 Å². The Kier molecular flexibility index (Phi) is 5.11. The fourth-order valence-electron chi connectivity index (χ4n) is 2.82. The van der Waals surface area contributed by atoms with Crippen molar-refractivity contribution >= 4 is 17.5 Å². The summed E-state index contributed by atoms with van der Waals surface area (Å²) in [5, 5.41) is 3.64. The van der Waals surface area contributed by atoms with Gasteiger partial charge >= 0.3 is 0 Å². The van der Waals surface area contributed by atoms with Crippen LogP contribution in [0.2, 0.25) is 0 Å². The summed E-state index contributed by atoms with van der Waals surface area (Å²) in [6.45, 7) is 2.63. The summed E-state index contributed by atoms with van der Waals surface area (Å²) in [6.07, 6.45) is 8.37. The molecule has 0 aromatic heterocycles. The molecule has 0 aromatic rings. The number of nitrogens with one attached hydrogen (secondary N) is 1. The number of carbonyl (C=O) groups is 1. The third-order valence-electron chi connectivity index (χ3n) is 3.81. The Balaban J connectivity index is 1.55. The highest BCUT2D eigenvalue weighted by molar-refractivity contribution is 6.22. The largest absolute Gasteiger partial charge is 0.341 e. The number of amides is 1. The molecule has 1 saturated carbocycles. The maximum Gasteiger partial charge on any atom is 0.224 e. The Hall–Kier alpha value is -0.280. The Labute approximate surface area is 109 Å². The first-order chi connectivity index (χ1) is 8.25. The van der Waals surface area contributed by atoms with Gasteiger partial charge in [0.25, 0.3) is 0 Å². The molecule has 1 N–H and O–H groups in total. The first kappa shape index (κ1) is 13.2. The van der Waals surface area contributed by atoms with Gasteiger partial charge in [-0.05, 0) is 25.8 Å².